The smallest absolute Gasteiger partial charge is 0.289 e. The van der Waals surface area contributed by atoms with E-state index in [1.54, 1.807) is 30.2 Å². The topological polar surface area (TPSA) is 75.0 Å². The molecule has 0 radical (unpaired) electrons. The third-order valence-electron chi connectivity index (χ3n) is 5.40. The van der Waals surface area contributed by atoms with Gasteiger partial charge in [0.2, 0.25) is 5.91 Å². The molecule has 8 heteroatoms. The lowest BCUT2D eigenvalue weighted by molar-refractivity contribution is -0.111. The highest BCUT2D eigenvalue weighted by Crippen LogP contribution is 2.24. The van der Waals surface area contributed by atoms with Crippen LogP contribution < -0.4 is 15.0 Å². The molecule has 1 saturated heterocycles. The summed E-state index contributed by atoms with van der Waals surface area (Å²) < 4.78 is 11.4. The Labute approximate surface area is 200 Å². The van der Waals surface area contributed by atoms with Crippen LogP contribution in [-0.4, -0.2) is 50.0 Å². The SMILES string of the molecule is COc1ccc(Br)cc1/C=C/C(=O)Nc1ccc(N2CCN(C(=O)c3ccco3)CC2)cc1. The third-order valence-corrected chi connectivity index (χ3v) is 5.90. The maximum Gasteiger partial charge on any atom is 0.289 e. The van der Waals surface area contributed by atoms with Crippen molar-refractivity contribution in [3.63, 3.8) is 0 Å². The number of hydrogen-bond acceptors (Lipinski definition) is 5. The molecule has 33 heavy (non-hydrogen) atoms. The van der Waals surface area contributed by atoms with E-state index in [4.69, 9.17) is 9.15 Å². The lowest BCUT2D eigenvalue weighted by Gasteiger charge is -2.35. The summed E-state index contributed by atoms with van der Waals surface area (Å²) in [7, 11) is 1.60. The number of benzene rings is 2. The van der Waals surface area contributed by atoms with E-state index in [1.165, 1.54) is 12.3 Å². The highest BCUT2D eigenvalue weighted by molar-refractivity contribution is 9.10. The van der Waals surface area contributed by atoms with E-state index in [-0.39, 0.29) is 11.8 Å². The van der Waals surface area contributed by atoms with Gasteiger partial charge >= 0.3 is 0 Å². The molecule has 4 rings (SSSR count). The lowest BCUT2D eigenvalue weighted by atomic mass is 10.2. The van der Waals surface area contributed by atoms with Crippen LogP contribution in [0.25, 0.3) is 6.08 Å². The Bertz CT molecular complexity index is 1130. The van der Waals surface area contributed by atoms with Gasteiger partial charge in [0, 0.05) is 53.7 Å². The molecule has 0 aliphatic carbocycles. The van der Waals surface area contributed by atoms with Crippen molar-refractivity contribution in [3.05, 3.63) is 82.7 Å². The summed E-state index contributed by atoms with van der Waals surface area (Å²) in [6, 6.07) is 16.7. The molecule has 1 N–H and O–H groups in total. The Morgan fingerprint density at radius 1 is 1.06 bits per heavy atom. The molecule has 7 nitrogen and oxygen atoms in total. The molecular formula is C25H24BrN3O4. The number of hydrogen-bond donors (Lipinski definition) is 1. The second kappa shape index (κ2) is 10.4. The Morgan fingerprint density at radius 3 is 2.48 bits per heavy atom. The summed E-state index contributed by atoms with van der Waals surface area (Å²) in [5, 5.41) is 2.87. The van der Waals surface area contributed by atoms with E-state index in [0.717, 1.165) is 28.8 Å². The number of anilines is 2. The minimum atomic E-state index is -0.227. The van der Waals surface area contributed by atoms with Crippen LogP contribution >= 0.6 is 15.9 Å². The summed E-state index contributed by atoms with van der Waals surface area (Å²) in [5.74, 6) is 0.759. The summed E-state index contributed by atoms with van der Waals surface area (Å²) >= 11 is 3.43. The van der Waals surface area contributed by atoms with Gasteiger partial charge in [0.05, 0.1) is 13.4 Å². The molecule has 2 amide bonds. The highest BCUT2D eigenvalue weighted by Gasteiger charge is 2.23. The van der Waals surface area contributed by atoms with Gasteiger partial charge in [-0.05, 0) is 60.7 Å². The monoisotopic (exact) mass is 509 g/mol. The number of halogens is 1. The van der Waals surface area contributed by atoms with Gasteiger partial charge in [0.15, 0.2) is 5.76 Å². The number of methoxy groups -OCH3 is 1. The Hall–Kier alpha value is -3.52. The average molecular weight is 510 g/mol. The first-order valence-corrected chi connectivity index (χ1v) is 11.3. The predicted molar refractivity (Wildman–Crippen MR) is 132 cm³/mol. The number of rotatable bonds is 6. The van der Waals surface area contributed by atoms with Crippen LogP contribution in [0.3, 0.4) is 0 Å². The van der Waals surface area contributed by atoms with Crippen molar-refractivity contribution in [2.75, 3.05) is 43.5 Å². The number of amides is 2. The van der Waals surface area contributed by atoms with Crippen molar-refractivity contribution in [3.8, 4) is 5.75 Å². The molecule has 1 aliphatic rings. The van der Waals surface area contributed by atoms with Crippen LogP contribution in [0.15, 0.2) is 75.8 Å². The molecule has 1 aromatic heterocycles. The van der Waals surface area contributed by atoms with E-state index in [0.29, 0.717) is 30.3 Å². The van der Waals surface area contributed by atoms with Gasteiger partial charge in [-0.1, -0.05) is 15.9 Å². The standard InChI is InChI=1S/C25H24BrN3O4/c1-32-22-10-5-19(26)17-18(22)4-11-24(30)27-20-6-8-21(9-7-20)28-12-14-29(15-13-28)25(31)23-3-2-16-33-23/h2-11,16-17H,12-15H2,1H3,(H,27,30)/b11-4+. The van der Waals surface area contributed by atoms with E-state index >= 15 is 0 Å². The number of furan rings is 1. The summed E-state index contributed by atoms with van der Waals surface area (Å²) in [5.41, 5.74) is 2.57. The molecule has 170 valence electrons. The molecular weight excluding hydrogens is 486 g/mol. The first-order valence-electron chi connectivity index (χ1n) is 10.5. The molecule has 2 heterocycles. The van der Waals surface area contributed by atoms with Crippen molar-refractivity contribution in [1.82, 2.24) is 4.90 Å². The predicted octanol–water partition coefficient (Wildman–Crippen LogP) is 4.67. The Kier molecular flexibility index (Phi) is 7.14. The van der Waals surface area contributed by atoms with Crippen LogP contribution in [0.2, 0.25) is 0 Å². The highest BCUT2D eigenvalue weighted by atomic mass is 79.9. The summed E-state index contributed by atoms with van der Waals surface area (Å²) in [6.45, 7) is 2.72. The van der Waals surface area contributed by atoms with Crippen LogP contribution in [0.5, 0.6) is 5.75 Å². The molecule has 1 aliphatic heterocycles. The molecule has 0 saturated carbocycles. The fourth-order valence-electron chi connectivity index (χ4n) is 3.66. The van der Waals surface area contributed by atoms with Crippen LogP contribution in [0.1, 0.15) is 16.1 Å². The van der Waals surface area contributed by atoms with Crippen molar-refractivity contribution in [2.45, 2.75) is 0 Å². The van der Waals surface area contributed by atoms with Crippen molar-refractivity contribution in [2.24, 2.45) is 0 Å². The largest absolute Gasteiger partial charge is 0.496 e. The Morgan fingerprint density at radius 2 is 1.82 bits per heavy atom. The summed E-state index contributed by atoms with van der Waals surface area (Å²) in [4.78, 5) is 28.8. The quantitative estimate of drug-likeness (QED) is 0.489. The van der Waals surface area contributed by atoms with Gasteiger partial charge in [0.1, 0.15) is 5.75 Å². The molecule has 2 aromatic carbocycles. The molecule has 0 spiro atoms. The van der Waals surface area contributed by atoms with E-state index in [2.05, 4.69) is 26.1 Å². The minimum Gasteiger partial charge on any atom is -0.496 e. The molecule has 0 unspecified atom stereocenters. The zero-order chi connectivity index (χ0) is 23.2. The van der Waals surface area contributed by atoms with Gasteiger partial charge in [-0.25, -0.2) is 0 Å². The zero-order valence-electron chi connectivity index (χ0n) is 18.2. The fraction of sp³-hybridized carbons (Fsp3) is 0.200. The number of nitrogens with zero attached hydrogens (tertiary/aromatic N) is 2. The van der Waals surface area contributed by atoms with Gasteiger partial charge in [0.25, 0.3) is 5.91 Å². The van der Waals surface area contributed by atoms with E-state index in [9.17, 15) is 9.59 Å². The summed E-state index contributed by atoms with van der Waals surface area (Å²) in [6.07, 6.45) is 4.71. The normalized spacial score (nSPS) is 13.9. The Balaban J connectivity index is 1.31. The van der Waals surface area contributed by atoms with Crippen molar-refractivity contribution >= 4 is 45.2 Å². The maximum absolute atomic E-state index is 12.4. The second-order valence-corrected chi connectivity index (χ2v) is 8.43. The maximum atomic E-state index is 12.4. The third kappa shape index (κ3) is 5.64. The number of carbonyl (C=O) groups excluding carboxylic acids is 2. The van der Waals surface area contributed by atoms with Gasteiger partial charge in [-0.3, -0.25) is 9.59 Å². The number of carbonyl (C=O) groups is 2. The first-order chi connectivity index (χ1) is 16.0. The van der Waals surface area contributed by atoms with Crippen LogP contribution in [0, 0.1) is 0 Å². The molecule has 1 fully saturated rings. The number of nitrogens with one attached hydrogen (secondary N) is 1. The van der Waals surface area contributed by atoms with Crippen LogP contribution in [-0.2, 0) is 4.79 Å². The molecule has 0 bridgehead atoms. The second-order valence-electron chi connectivity index (χ2n) is 7.51. The fourth-order valence-corrected chi connectivity index (χ4v) is 4.04. The molecule has 0 atom stereocenters. The number of ether oxygens (including phenoxy) is 1. The van der Waals surface area contributed by atoms with Crippen molar-refractivity contribution in [1.29, 1.82) is 0 Å². The van der Waals surface area contributed by atoms with Gasteiger partial charge in [-0.15, -0.1) is 0 Å². The number of piperazine rings is 1. The van der Waals surface area contributed by atoms with Gasteiger partial charge < -0.3 is 24.3 Å². The molecule has 3 aromatic rings. The minimum absolute atomic E-state index is 0.0776. The zero-order valence-corrected chi connectivity index (χ0v) is 19.7. The van der Waals surface area contributed by atoms with Crippen molar-refractivity contribution < 1.29 is 18.7 Å². The van der Waals surface area contributed by atoms with Gasteiger partial charge in [-0.2, -0.15) is 0 Å². The van der Waals surface area contributed by atoms with E-state index < -0.39 is 0 Å². The van der Waals surface area contributed by atoms with E-state index in [1.807, 2.05) is 42.5 Å². The first kappa shape index (κ1) is 22.7. The van der Waals surface area contributed by atoms with Crippen LogP contribution in [0.4, 0.5) is 11.4 Å². The average Bonchev–Trinajstić information content (AvgIpc) is 3.38. The lowest BCUT2D eigenvalue weighted by Crippen LogP contribution is -2.48.